The summed E-state index contributed by atoms with van der Waals surface area (Å²) in [6.07, 6.45) is 3.23. The number of hydrogen-bond donors (Lipinski definition) is 0. The van der Waals surface area contributed by atoms with Crippen LogP contribution in [0.5, 0.6) is 0 Å². The molecule has 0 N–H and O–H groups in total. The first-order valence-electron chi connectivity index (χ1n) is 6.90. The van der Waals surface area contributed by atoms with Gasteiger partial charge in [0, 0.05) is 5.92 Å². The standard InChI is InChI=1S/C15H29O2P/c1-7-14(10-13(6)11(2)3)17-8-9-18-15(16)12(4)5/h12,14,18H,7-10H2,1-6H3. The second kappa shape index (κ2) is 9.69. The summed E-state index contributed by atoms with van der Waals surface area (Å²) in [7, 11) is 0.403. The van der Waals surface area contributed by atoms with E-state index in [4.69, 9.17) is 4.74 Å². The molecule has 2 nitrogen and oxygen atoms in total. The van der Waals surface area contributed by atoms with Gasteiger partial charge in [-0.05, 0) is 48.4 Å². The largest absolute Gasteiger partial charge is 0.378 e. The topological polar surface area (TPSA) is 26.3 Å². The van der Waals surface area contributed by atoms with Gasteiger partial charge in [-0.15, -0.1) is 0 Å². The predicted molar refractivity (Wildman–Crippen MR) is 81.7 cm³/mol. The van der Waals surface area contributed by atoms with Gasteiger partial charge in [0.1, 0.15) is 0 Å². The van der Waals surface area contributed by atoms with Crippen molar-refractivity contribution in [1.29, 1.82) is 0 Å². The van der Waals surface area contributed by atoms with E-state index in [9.17, 15) is 4.79 Å². The van der Waals surface area contributed by atoms with Crippen molar-refractivity contribution in [3.05, 3.63) is 11.1 Å². The highest BCUT2D eigenvalue weighted by molar-refractivity contribution is 7.57. The third-order valence-corrected chi connectivity index (χ3v) is 4.50. The van der Waals surface area contributed by atoms with Gasteiger partial charge in [0.25, 0.3) is 0 Å². The van der Waals surface area contributed by atoms with Gasteiger partial charge in [-0.25, -0.2) is 0 Å². The maximum Gasteiger partial charge on any atom is 0.153 e. The van der Waals surface area contributed by atoms with E-state index in [1.165, 1.54) is 11.1 Å². The summed E-state index contributed by atoms with van der Waals surface area (Å²) in [4.78, 5) is 11.5. The zero-order valence-electron chi connectivity index (χ0n) is 12.8. The van der Waals surface area contributed by atoms with E-state index < -0.39 is 0 Å². The molecule has 0 saturated heterocycles. The van der Waals surface area contributed by atoms with Crippen molar-refractivity contribution >= 4 is 14.1 Å². The van der Waals surface area contributed by atoms with E-state index in [1.807, 2.05) is 13.8 Å². The average molecular weight is 272 g/mol. The summed E-state index contributed by atoms with van der Waals surface area (Å²) < 4.78 is 5.86. The monoisotopic (exact) mass is 272 g/mol. The molecule has 0 fully saturated rings. The maximum absolute atomic E-state index is 11.5. The fourth-order valence-electron chi connectivity index (χ4n) is 1.47. The van der Waals surface area contributed by atoms with Crippen LogP contribution in [0.3, 0.4) is 0 Å². The highest BCUT2D eigenvalue weighted by atomic mass is 31.1. The SMILES string of the molecule is CCC(CC(C)=C(C)C)OCCPC(=O)C(C)C. The van der Waals surface area contributed by atoms with Crippen molar-refractivity contribution in [2.45, 2.75) is 60.5 Å². The summed E-state index contributed by atoms with van der Waals surface area (Å²) >= 11 is 0. The Morgan fingerprint density at radius 2 is 1.83 bits per heavy atom. The van der Waals surface area contributed by atoms with Crippen molar-refractivity contribution in [1.82, 2.24) is 0 Å². The molecule has 0 spiro atoms. The summed E-state index contributed by atoms with van der Waals surface area (Å²) in [5.74, 6) is 0.165. The van der Waals surface area contributed by atoms with Crippen molar-refractivity contribution in [2.24, 2.45) is 5.92 Å². The number of allylic oxidation sites excluding steroid dienone is 1. The quantitative estimate of drug-likeness (QED) is 0.353. The molecule has 0 rings (SSSR count). The van der Waals surface area contributed by atoms with E-state index in [0.29, 0.717) is 26.8 Å². The Labute approximate surface area is 114 Å². The highest BCUT2D eigenvalue weighted by Gasteiger charge is 2.10. The number of rotatable bonds is 9. The lowest BCUT2D eigenvalue weighted by molar-refractivity contribution is -0.113. The molecule has 0 aliphatic rings. The smallest absolute Gasteiger partial charge is 0.153 e. The summed E-state index contributed by atoms with van der Waals surface area (Å²) in [5.41, 5.74) is 3.17. The molecule has 2 atom stereocenters. The maximum atomic E-state index is 11.5. The van der Waals surface area contributed by atoms with Crippen molar-refractivity contribution in [3.63, 3.8) is 0 Å². The third-order valence-electron chi connectivity index (χ3n) is 3.12. The van der Waals surface area contributed by atoms with Crippen molar-refractivity contribution < 1.29 is 9.53 Å². The summed E-state index contributed by atoms with van der Waals surface area (Å²) in [6, 6.07) is 0. The van der Waals surface area contributed by atoms with Crippen LogP contribution in [0.4, 0.5) is 0 Å². The molecule has 0 aliphatic carbocycles. The van der Waals surface area contributed by atoms with Gasteiger partial charge < -0.3 is 4.74 Å². The number of carbonyl (C=O) groups is 1. The lowest BCUT2D eigenvalue weighted by Crippen LogP contribution is -2.15. The van der Waals surface area contributed by atoms with Gasteiger partial charge in [-0.1, -0.05) is 31.9 Å². The van der Waals surface area contributed by atoms with Crippen LogP contribution in [0.25, 0.3) is 0 Å². The fourth-order valence-corrected chi connectivity index (χ4v) is 2.35. The molecular weight excluding hydrogens is 243 g/mol. The molecule has 0 aromatic rings. The Kier molecular flexibility index (Phi) is 9.59. The summed E-state index contributed by atoms with van der Waals surface area (Å²) in [5, 5.41) is 0. The summed E-state index contributed by atoms with van der Waals surface area (Å²) in [6.45, 7) is 13.3. The Morgan fingerprint density at radius 1 is 1.22 bits per heavy atom. The molecule has 3 heteroatoms. The molecule has 0 aromatic heterocycles. The van der Waals surface area contributed by atoms with Crippen LogP contribution in [-0.2, 0) is 9.53 Å². The van der Waals surface area contributed by atoms with Gasteiger partial charge in [0.2, 0.25) is 0 Å². The van der Waals surface area contributed by atoms with Crippen molar-refractivity contribution in [2.75, 3.05) is 12.8 Å². The van der Waals surface area contributed by atoms with E-state index >= 15 is 0 Å². The molecule has 0 amide bonds. The Morgan fingerprint density at radius 3 is 2.28 bits per heavy atom. The highest BCUT2D eigenvalue weighted by Crippen LogP contribution is 2.19. The molecule has 0 aliphatic heterocycles. The van der Waals surface area contributed by atoms with Crippen LogP contribution in [-0.4, -0.2) is 24.4 Å². The Balaban J connectivity index is 3.89. The van der Waals surface area contributed by atoms with Crippen molar-refractivity contribution in [3.8, 4) is 0 Å². The van der Waals surface area contributed by atoms with Crippen LogP contribution >= 0.6 is 8.58 Å². The number of hydrogen-bond acceptors (Lipinski definition) is 2. The van der Waals surface area contributed by atoms with Crippen LogP contribution < -0.4 is 0 Å². The first-order valence-corrected chi connectivity index (χ1v) is 8.11. The molecule has 0 saturated carbocycles. The van der Waals surface area contributed by atoms with Crippen LogP contribution in [0, 0.1) is 5.92 Å². The second-order valence-electron chi connectivity index (χ2n) is 5.33. The van der Waals surface area contributed by atoms with Crippen LogP contribution in [0.1, 0.15) is 54.4 Å². The molecule has 106 valence electrons. The minimum Gasteiger partial charge on any atom is -0.378 e. The minimum absolute atomic E-state index is 0.165. The normalized spacial score (nSPS) is 13.3. The van der Waals surface area contributed by atoms with Gasteiger partial charge >= 0.3 is 0 Å². The lowest BCUT2D eigenvalue weighted by atomic mass is 10.0. The number of carbonyl (C=O) groups excluding carboxylic acids is 1. The minimum atomic E-state index is 0.165. The van der Waals surface area contributed by atoms with Gasteiger partial charge in [0.15, 0.2) is 5.52 Å². The third kappa shape index (κ3) is 8.00. The Bertz CT molecular complexity index is 278. The zero-order valence-corrected chi connectivity index (χ0v) is 13.8. The van der Waals surface area contributed by atoms with E-state index in [-0.39, 0.29) is 5.92 Å². The predicted octanol–water partition coefficient (Wildman–Crippen LogP) is 4.39. The molecular formula is C15H29O2P. The van der Waals surface area contributed by atoms with Crippen LogP contribution in [0.2, 0.25) is 0 Å². The lowest BCUT2D eigenvalue weighted by Gasteiger charge is -2.17. The molecule has 0 aromatic carbocycles. The van der Waals surface area contributed by atoms with E-state index in [2.05, 4.69) is 27.7 Å². The number of ether oxygens (including phenoxy) is 1. The first kappa shape index (κ1) is 17.8. The molecule has 18 heavy (non-hydrogen) atoms. The van der Waals surface area contributed by atoms with Gasteiger partial charge in [-0.3, -0.25) is 4.79 Å². The second-order valence-corrected chi connectivity index (χ2v) is 6.68. The average Bonchev–Trinajstić information content (AvgIpc) is 2.31. The molecule has 0 radical (unpaired) electrons. The van der Waals surface area contributed by atoms with Crippen LogP contribution in [0.15, 0.2) is 11.1 Å². The van der Waals surface area contributed by atoms with E-state index in [0.717, 1.165) is 19.0 Å². The van der Waals surface area contributed by atoms with E-state index in [1.54, 1.807) is 0 Å². The fraction of sp³-hybridized carbons (Fsp3) is 0.800. The molecule has 0 heterocycles. The van der Waals surface area contributed by atoms with Gasteiger partial charge in [0.05, 0.1) is 12.7 Å². The van der Waals surface area contributed by atoms with Gasteiger partial charge in [-0.2, -0.15) is 0 Å². The first-order chi connectivity index (χ1) is 8.38. The molecule has 2 unspecified atom stereocenters. The Hall–Kier alpha value is -0.200. The zero-order chi connectivity index (χ0) is 14.1. The molecule has 0 bridgehead atoms.